The van der Waals surface area contributed by atoms with Crippen LogP contribution in [0.5, 0.6) is 5.75 Å². The molecule has 0 heterocycles. The molecule has 0 aliphatic rings. The first-order valence-electron chi connectivity index (χ1n) is 6.19. The fourth-order valence-corrected chi connectivity index (χ4v) is 2.31. The van der Waals surface area contributed by atoms with Crippen LogP contribution in [0.2, 0.25) is 0 Å². The van der Waals surface area contributed by atoms with E-state index in [4.69, 9.17) is 5.26 Å². The largest absolute Gasteiger partial charge is 0.573 e. The maximum absolute atomic E-state index is 12.5. The number of esters is 1. The fraction of sp³-hybridized carbons (Fsp3) is 0.385. The number of carbonyl (C=O) groups is 1. The van der Waals surface area contributed by atoms with Gasteiger partial charge in [0.25, 0.3) is 0 Å². The lowest BCUT2D eigenvalue weighted by Gasteiger charge is -2.15. The minimum absolute atomic E-state index is 0.0381. The predicted octanol–water partition coefficient (Wildman–Crippen LogP) is 4.17. The Morgan fingerprint density at radius 1 is 1.25 bits per heavy atom. The summed E-state index contributed by atoms with van der Waals surface area (Å²) in [6.45, 7) is 1.43. The Balaban J connectivity index is 3.37. The molecule has 0 radical (unpaired) electrons. The molecule has 1 rings (SSSR count). The fourth-order valence-electron chi connectivity index (χ4n) is 1.68. The highest BCUT2D eigenvalue weighted by Crippen LogP contribution is 2.41. The number of benzene rings is 1. The Morgan fingerprint density at radius 2 is 1.88 bits per heavy atom. The number of nitrogens with zero attached hydrogens (tertiary/aromatic N) is 1. The summed E-state index contributed by atoms with van der Waals surface area (Å²) >= 11 is -0.694. The Hall–Kier alpha value is -2.09. The van der Waals surface area contributed by atoms with Crippen LogP contribution in [-0.4, -0.2) is 24.4 Å². The standard InChI is InChI=1S/C13H9F6NO3S/c1-2-22-11(21)4-7-3-8(24-13(17,18)19)5-10(9(7)6-20)23-12(14,15)16/h3,5H,2,4H2,1H3. The van der Waals surface area contributed by atoms with Gasteiger partial charge in [0.05, 0.1) is 18.6 Å². The van der Waals surface area contributed by atoms with E-state index in [9.17, 15) is 31.1 Å². The van der Waals surface area contributed by atoms with Crippen molar-refractivity contribution in [3.05, 3.63) is 23.3 Å². The number of hydrogen-bond donors (Lipinski definition) is 0. The first-order chi connectivity index (χ1) is 10.9. The monoisotopic (exact) mass is 373 g/mol. The number of carbonyl (C=O) groups excluding carboxylic acids is 1. The van der Waals surface area contributed by atoms with E-state index in [0.717, 1.165) is 6.07 Å². The smallest absolute Gasteiger partial charge is 0.466 e. The summed E-state index contributed by atoms with van der Waals surface area (Å²) in [4.78, 5) is 10.8. The van der Waals surface area contributed by atoms with E-state index in [0.29, 0.717) is 6.07 Å². The van der Waals surface area contributed by atoms with E-state index in [-0.39, 0.29) is 12.2 Å². The molecule has 0 aromatic heterocycles. The SMILES string of the molecule is CCOC(=O)Cc1cc(SC(F)(F)F)cc(OC(F)(F)F)c1C#N. The minimum atomic E-state index is -5.21. The van der Waals surface area contributed by atoms with Crippen molar-refractivity contribution in [1.29, 1.82) is 5.26 Å². The molecule has 132 valence electrons. The van der Waals surface area contributed by atoms with Gasteiger partial charge in [0.15, 0.2) is 0 Å². The second kappa shape index (κ2) is 7.65. The molecule has 24 heavy (non-hydrogen) atoms. The zero-order valence-corrected chi connectivity index (χ0v) is 12.7. The first kappa shape index (κ1) is 20.0. The number of hydrogen-bond acceptors (Lipinski definition) is 5. The average Bonchev–Trinajstić information content (AvgIpc) is 2.34. The molecule has 0 bridgehead atoms. The van der Waals surface area contributed by atoms with E-state index in [1.807, 2.05) is 0 Å². The molecule has 1 aromatic rings. The zero-order chi connectivity index (χ0) is 18.5. The third-order valence-electron chi connectivity index (χ3n) is 2.37. The maximum atomic E-state index is 12.5. The third-order valence-corrected chi connectivity index (χ3v) is 3.07. The van der Waals surface area contributed by atoms with Gasteiger partial charge in [0, 0.05) is 4.90 Å². The van der Waals surface area contributed by atoms with E-state index in [1.54, 1.807) is 0 Å². The molecule has 0 aliphatic heterocycles. The molecule has 0 atom stereocenters. The van der Waals surface area contributed by atoms with E-state index in [2.05, 4.69) is 9.47 Å². The van der Waals surface area contributed by atoms with E-state index >= 15 is 0 Å². The number of alkyl halides is 6. The number of rotatable bonds is 5. The highest BCUT2D eigenvalue weighted by atomic mass is 32.2. The average molecular weight is 373 g/mol. The molecule has 0 fully saturated rings. The van der Waals surface area contributed by atoms with Gasteiger partial charge < -0.3 is 9.47 Å². The quantitative estimate of drug-likeness (QED) is 0.440. The van der Waals surface area contributed by atoms with Crippen LogP contribution < -0.4 is 4.74 Å². The first-order valence-corrected chi connectivity index (χ1v) is 7.01. The zero-order valence-electron chi connectivity index (χ0n) is 11.9. The molecular formula is C13H9F6NO3S. The molecule has 1 aromatic carbocycles. The van der Waals surface area contributed by atoms with Crippen LogP contribution in [0.4, 0.5) is 26.3 Å². The molecule has 0 N–H and O–H groups in total. The molecule has 0 saturated carbocycles. The van der Waals surface area contributed by atoms with Crippen LogP contribution in [0.3, 0.4) is 0 Å². The van der Waals surface area contributed by atoms with Crippen LogP contribution in [-0.2, 0) is 16.0 Å². The van der Waals surface area contributed by atoms with Gasteiger partial charge in [-0.2, -0.15) is 18.4 Å². The highest BCUT2D eigenvalue weighted by Gasteiger charge is 2.35. The van der Waals surface area contributed by atoms with Crippen LogP contribution in [0.15, 0.2) is 17.0 Å². The van der Waals surface area contributed by atoms with Crippen LogP contribution in [0, 0.1) is 11.3 Å². The van der Waals surface area contributed by atoms with Crippen molar-refractivity contribution in [1.82, 2.24) is 0 Å². The highest BCUT2D eigenvalue weighted by molar-refractivity contribution is 8.00. The number of nitriles is 1. The van der Waals surface area contributed by atoms with Crippen molar-refractivity contribution in [3.8, 4) is 11.8 Å². The summed E-state index contributed by atoms with van der Waals surface area (Å²) in [5, 5.41) is 8.98. The topological polar surface area (TPSA) is 59.3 Å². The molecule has 11 heteroatoms. The lowest BCUT2D eigenvalue weighted by atomic mass is 10.0. The second-order valence-electron chi connectivity index (χ2n) is 4.14. The summed E-state index contributed by atoms with van der Waals surface area (Å²) < 4.78 is 82.7. The lowest BCUT2D eigenvalue weighted by molar-refractivity contribution is -0.274. The van der Waals surface area contributed by atoms with E-state index < -0.39 is 52.2 Å². The molecular weight excluding hydrogens is 364 g/mol. The van der Waals surface area contributed by atoms with Crippen molar-refractivity contribution >= 4 is 17.7 Å². The molecule has 0 unspecified atom stereocenters. The summed E-state index contributed by atoms with van der Waals surface area (Å²) in [6.07, 6.45) is -5.88. The number of thioether (sulfide) groups is 1. The van der Waals surface area contributed by atoms with Gasteiger partial charge in [-0.3, -0.25) is 4.79 Å². The molecule has 0 amide bonds. The predicted molar refractivity (Wildman–Crippen MR) is 70.1 cm³/mol. The number of halogens is 6. The molecule has 0 saturated heterocycles. The summed E-state index contributed by atoms with van der Waals surface area (Å²) in [7, 11) is 0. The molecule has 0 aliphatic carbocycles. The summed E-state index contributed by atoms with van der Waals surface area (Å²) in [6, 6.07) is 2.65. The van der Waals surface area contributed by atoms with Gasteiger partial charge in [0.1, 0.15) is 11.8 Å². The Bertz CT molecular complexity index is 651. The van der Waals surface area contributed by atoms with Crippen molar-refractivity contribution in [3.63, 3.8) is 0 Å². The van der Waals surface area contributed by atoms with Gasteiger partial charge in [-0.25, -0.2) is 0 Å². The van der Waals surface area contributed by atoms with Gasteiger partial charge in [0.2, 0.25) is 0 Å². The van der Waals surface area contributed by atoms with Gasteiger partial charge >= 0.3 is 17.8 Å². The lowest BCUT2D eigenvalue weighted by Crippen LogP contribution is -2.19. The van der Waals surface area contributed by atoms with Gasteiger partial charge in [-0.05, 0) is 36.4 Å². The Labute approximate surface area is 136 Å². The normalized spacial score (nSPS) is 11.8. The Morgan fingerprint density at radius 3 is 2.33 bits per heavy atom. The van der Waals surface area contributed by atoms with E-state index in [1.165, 1.54) is 13.0 Å². The third kappa shape index (κ3) is 6.57. The van der Waals surface area contributed by atoms with Crippen LogP contribution >= 0.6 is 11.8 Å². The van der Waals surface area contributed by atoms with Gasteiger partial charge in [-0.1, -0.05) is 0 Å². The molecule has 4 nitrogen and oxygen atoms in total. The van der Waals surface area contributed by atoms with Crippen molar-refractivity contribution in [2.75, 3.05) is 6.61 Å². The Kier molecular flexibility index (Phi) is 6.36. The second-order valence-corrected chi connectivity index (χ2v) is 5.28. The van der Waals surface area contributed by atoms with Crippen molar-refractivity contribution < 1.29 is 40.6 Å². The molecule has 0 spiro atoms. The maximum Gasteiger partial charge on any atom is 0.573 e. The number of ether oxygens (including phenoxy) is 2. The van der Waals surface area contributed by atoms with Gasteiger partial charge in [-0.15, -0.1) is 13.2 Å². The van der Waals surface area contributed by atoms with Crippen LogP contribution in [0.25, 0.3) is 0 Å². The van der Waals surface area contributed by atoms with Crippen molar-refractivity contribution in [2.45, 2.75) is 30.1 Å². The summed E-state index contributed by atoms with van der Waals surface area (Å²) in [5.41, 5.74) is -5.82. The minimum Gasteiger partial charge on any atom is -0.466 e. The van der Waals surface area contributed by atoms with Crippen molar-refractivity contribution in [2.24, 2.45) is 0 Å². The summed E-state index contributed by atoms with van der Waals surface area (Å²) in [5.74, 6) is -2.01. The van der Waals surface area contributed by atoms with Crippen LogP contribution in [0.1, 0.15) is 18.1 Å².